The first-order valence-electron chi connectivity index (χ1n) is 8.07. The molecule has 0 saturated carbocycles. The Hall–Kier alpha value is -2.08. The Labute approximate surface area is 136 Å². The number of carbonyl (C=O) groups is 2. The topological polar surface area (TPSA) is 70.7 Å². The molecule has 1 saturated heterocycles. The molecule has 2 aliphatic rings. The maximum absolute atomic E-state index is 12.2. The summed E-state index contributed by atoms with van der Waals surface area (Å²) in [6.45, 7) is 3.92. The third-order valence-corrected chi connectivity index (χ3v) is 4.41. The first kappa shape index (κ1) is 15.8. The van der Waals surface area contributed by atoms with Gasteiger partial charge in [-0.2, -0.15) is 0 Å². The maximum Gasteiger partial charge on any atom is 0.266 e. The summed E-state index contributed by atoms with van der Waals surface area (Å²) in [7, 11) is 2.08. The first-order chi connectivity index (χ1) is 11.0. The van der Waals surface area contributed by atoms with Crippen LogP contribution in [0.3, 0.4) is 0 Å². The highest BCUT2D eigenvalue weighted by Crippen LogP contribution is 2.31. The SMILES string of the molecule is Cc1ccc2c(c1)NC(=O)C(CC(=O)NC1CCN(C)CC1)O2. The van der Waals surface area contributed by atoms with Gasteiger partial charge in [0, 0.05) is 6.04 Å². The summed E-state index contributed by atoms with van der Waals surface area (Å²) in [4.78, 5) is 26.6. The predicted octanol–water partition coefficient (Wildman–Crippen LogP) is 1.30. The van der Waals surface area contributed by atoms with Crippen LogP contribution in [0.1, 0.15) is 24.8 Å². The molecule has 2 amide bonds. The summed E-state index contributed by atoms with van der Waals surface area (Å²) in [5, 5.41) is 5.83. The second-order valence-corrected chi connectivity index (χ2v) is 6.44. The second-order valence-electron chi connectivity index (χ2n) is 6.44. The molecule has 0 radical (unpaired) electrons. The average Bonchev–Trinajstić information content (AvgIpc) is 2.50. The first-order valence-corrected chi connectivity index (χ1v) is 8.07. The zero-order valence-electron chi connectivity index (χ0n) is 13.6. The number of rotatable bonds is 3. The molecule has 1 atom stereocenters. The Morgan fingerprint density at radius 3 is 2.87 bits per heavy atom. The Kier molecular flexibility index (Phi) is 4.52. The van der Waals surface area contributed by atoms with Crippen molar-refractivity contribution in [2.45, 2.75) is 38.3 Å². The smallest absolute Gasteiger partial charge is 0.266 e. The standard InChI is InChI=1S/C17H23N3O3/c1-11-3-4-14-13(9-11)19-17(22)15(23-14)10-16(21)18-12-5-7-20(2)8-6-12/h3-4,9,12,15H,5-8,10H2,1-2H3,(H,18,21)(H,19,22). The van der Waals surface area contributed by atoms with Crippen LogP contribution in [0, 0.1) is 6.92 Å². The summed E-state index contributed by atoms with van der Waals surface area (Å²) >= 11 is 0. The van der Waals surface area contributed by atoms with Crippen LogP contribution >= 0.6 is 0 Å². The Bertz CT molecular complexity index is 609. The van der Waals surface area contributed by atoms with E-state index in [2.05, 4.69) is 22.6 Å². The van der Waals surface area contributed by atoms with Crippen molar-refractivity contribution in [1.82, 2.24) is 10.2 Å². The van der Waals surface area contributed by atoms with Crippen LogP contribution in [0.4, 0.5) is 5.69 Å². The summed E-state index contributed by atoms with van der Waals surface area (Å²) in [5.74, 6) is 0.226. The van der Waals surface area contributed by atoms with Gasteiger partial charge in [-0.1, -0.05) is 6.07 Å². The summed E-state index contributed by atoms with van der Waals surface area (Å²) in [5.41, 5.74) is 1.72. The minimum Gasteiger partial charge on any atom is -0.478 e. The number of ether oxygens (including phenoxy) is 1. The molecule has 3 rings (SSSR count). The van der Waals surface area contributed by atoms with E-state index in [4.69, 9.17) is 4.74 Å². The molecule has 2 heterocycles. The van der Waals surface area contributed by atoms with Gasteiger partial charge in [0.2, 0.25) is 5.91 Å². The molecule has 2 aliphatic heterocycles. The van der Waals surface area contributed by atoms with Gasteiger partial charge >= 0.3 is 0 Å². The van der Waals surface area contributed by atoms with Crippen LogP contribution < -0.4 is 15.4 Å². The summed E-state index contributed by atoms with van der Waals surface area (Å²) in [6.07, 6.45) is 1.17. The third kappa shape index (κ3) is 3.82. The normalized spacial score (nSPS) is 22.0. The second kappa shape index (κ2) is 6.58. The number of amides is 2. The Morgan fingerprint density at radius 2 is 2.13 bits per heavy atom. The number of anilines is 1. The molecule has 23 heavy (non-hydrogen) atoms. The largest absolute Gasteiger partial charge is 0.478 e. The van der Waals surface area contributed by atoms with E-state index in [0.717, 1.165) is 31.5 Å². The van der Waals surface area contributed by atoms with Gasteiger partial charge in [-0.25, -0.2) is 0 Å². The number of aryl methyl sites for hydroxylation is 1. The lowest BCUT2D eigenvalue weighted by Gasteiger charge is -2.30. The number of likely N-dealkylation sites (tertiary alicyclic amines) is 1. The van der Waals surface area contributed by atoms with Crippen LogP contribution in [0.2, 0.25) is 0 Å². The summed E-state index contributed by atoms with van der Waals surface area (Å²) < 4.78 is 5.69. The highest BCUT2D eigenvalue weighted by Gasteiger charge is 2.30. The Balaban J connectivity index is 1.56. The molecule has 1 aromatic rings. The molecular weight excluding hydrogens is 294 g/mol. The van der Waals surface area contributed by atoms with Crippen molar-refractivity contribution in [3.63, 3.8) is 0 Å². The number of hydrogen-bond acceptors (Lipinski definition) is 4. The fourth-order valence-corrected chi connectivity index (χ4v) is 3.01. The number of nitrogens with one attached hydrogen (secondary N) is 2. The lowest BCUT2D eigenvalue weighted by Crippen LogP contribution is -2.46. The van der Waals surface area contributed by atoms with Gasteiger partial charge < -0.3 is 20.3 Å². The van der Waals surface area contributed by atoms with Crippen LogP contribution in [0.15, 0.2) is 18.2 Å². The van der Waals surface area contributed by atoms with Crippen LogP contribution in [0.25, 0.3) is 0 Å². The number of carbonyl (C=O) groups excluding carboxylic acids is 2. The lowest BCUT2D eigenvalue weighted by atomic mass is 10.0. The van der Waals surface area contributed by atoms with E-state index in [1.807, 2.05) is 25.1 Å². The molecule has 124 valence electrons. The molecule has 1 aromatic carbocycles. The van der Waals surface area contributed by atoms with Crippen molar-refractivity contribution in [3.8, 4) is 5.75 Å². The molecule has 2 N–H and O–H groups in total. The molecule has 0 spiro atoms. The fourth-order valence-electron chi connectivity index (χ4n) is 3.01. The van der Waals surface area contributed by atoms with Crippen molar-refractivity contribution in [1.29, 1.82) is 0 Å². The third-order valence-electron chi connectivity index (χ3n) is 4.41. The number of benzene rings is 1. The minimum atomic E-state index is -0.767. The molecule has 6 nitrogen and oxygen atoms in total. The monoisotopic (exact) mass is 317 g/mol. The highest BCUT2D eigenvalue weighted by molar-refractivity contribution is 6.00. The molecular formula is C17H23N3O3. The van der Waals surface area contributed by atoms with Gasteiger partial charge in [0.05, 0.1) is 12.1 Å². The van der Waals surface area contributed by atoms with E-state index in [-0.39, 0.29) is 24.3 Å². The van der Waals surface area contributed by atoms with E-state index in [1.54, 1.807) is 0 Å². The van der Waals surface area contributed by atoms with Crippen molar-refractivity contribution < 1.29 is 14.3 Å². The molecule has 0 bridgehead atoms. The number of hydrogen-bond donors (Lipinski definition) is 2. The maximum atomic E-state index is 12.2. The zero-order chi connectivity index (χ0) is 16.4. The Morgan fingerprint density at radius 1 is 1.39 bits per heavy atom. The van der Waals surface area contributed by atoms with Crippen molar-refractivity contribution in [3.05, 3.63) is 23.8 Å². The van der Waals surface area contributed by atoms with Gasteiger partial charge in [0.1, 0.15) is 5.75 Å². The van der Waals surface area contributed by atoms with E-state index in [0.29, 0.717) is 11.4 Å². The van der Waals surface area contributed by atoms with Gasteiger partial charge in [0.25, 0.3) is 5.91 Å². The average molecular weight is 317 g/mol. The highest BCUT2D eigenvalue weighted by atomic mass is 16.5. The minimum absolute atomic E-state index is 0.0471. The molecule has 0 aromatic heterocycles. The zero-order valence-corrected chi connectivity index (χ0v) is 13.6. The number of fused-ring (bicyclic) bond motifs is 1. The number of piperidine rings is 1. The predicted molar refractivity (Wildman–Crippen MR) is 87.5 cm³/mol. The van der Waals surface area contributed by atoms with Gasteiger partial charge in [-0.05, 0) is 57.6 Å². The number of nitrogens with zero attached hydrogens (tertiary/aromatic N) is 1. The van der Waals surface area contributed by atoms with Crippen molar-refractivity contribution in [2.24, 2.45) is 0 Å². The molecule has 6 heteroatoms. The van der Waals surface area contributed by atoms with E-state index in [1.165, 1.54) is 0 Å². The quantitative estimate of drug-likeness (QED) is 0.881. The lowest BCUT2D eigenvalue weighted by molar-refractivity contribution is -0.131. The van der Waals surface area contributed by atoms with Crippen molar-refractivity contribution >= 4 is 17.5 Å². The van der Waals surface area contributed by atoms with Gasteiger partial charge in [0.15, 0.2) is 6.10 Å². The van der Waals surface area contributed by atoms with E-state index >= 15 is 0 Å². The van der Waals surface area contributed by atoms with Gasteiger partial charge in [-0.15, -0.1) is 0 Å². The molecule has 1 unspecified atom stereocenters. The van der Waals surface area contributed by atoms with E-state index in [9.17, 15) is 9.59 Å². The van der Waals surface area contributed by atoms with Crippen molar-refractivity contribution in [2.75, 3.05) is 25.5 Å². The molecule has 0 aliphatic carbocycles. The van der Waals surface area contributed by atoms with E-state index < -0.39 is 6.10 Å². The molecule has 1 fully saturated rings. The fraction of sp³-hybridized carbons (Fsp3) is 0.529. The van der Waals surface area contributed by atoms with Crippen LogP contribution in [-0.4, -0.2) is 49.0 Å². The van der Waals surface area contributed by atoms with Crippen LogP contribution in [0.5, 0.6) is 5.75 Å². The van der Waals surface area contributed by atoms with Gasteiger partial charge in [-0.3, -0.25) is 9.59 Å². The van der Waals surface area contributed by atoms with Crippen LogP contribution in [-0.2, 0) is 9.59 Å². The summed E-state index contributed by atoms with van der Waals surface area (Å²) in [6, 6.07) is 5.81.